The summed E-state index contributed by atoms with van der Waals surface area (Å²) in [4.78, 5) is 4.85. The van der Waals surface area contributed by atoms with Gasteiger partial charge in [0.15, 0.2) is 0 Å². The summed E-state index contributed by atoms with van der Waals surface area (Å²) in [5.41, 5.74) is 4.65. The first-order valence-corrected chi connectivity index (χ1v) is 18.5. The summed E-state index contributed by atoms with van der Waals surface area (Å²) in [6.45, 7) is 11.0. The Morgan fingerprint density at radius 3 is 2.03 bits per heavy atom. The molecule has 2 nitrogen and oxygen atoms in total. The Labute approximate surface area is 230 Å². The van der Waals surface area contributed by atoms with Gasteiger partial charge in [0, 0.05) is 28.8 Å². The van der Waals surface area contributed by atoms with Crippen molar-refractivity contribution in [1.29, 1.82) is 0 Å². The van der Waals surface area contributed by atoms with Crippen LogP contribution in [0.4, 0.5) is 0 Å². The Balaban J connectivity index is 0.00000137. The number of phenols is 1. The van der Waals surface area contributed by atoms with Crippen LogP contribution in [0.5, 0.6) is 5.75 Å². The fourth-order valence-corrected chi connectivity index (χ4v) is 4.22. The van der Waals surface area contributed by atoms with Crippen molar-refractivity contribution >= 4 is 23.2 Å². The minimum atomic E-state index is -0.826. The van der Waals surface area contributed by atoms with Crippen LogP contribution in [0.1, 0.15) is 70.6 Å². The maximum absolute atomic E-state index is 11.5. The molecule has 0 saturated carbocycles. The Morgan fingerprint density at radius 2 is 1.46 bits per heavy atom. The summed E-state index contributed by atoms with van der Waals surface area (Å²) < 4.78 is 0. The molecule has 3 aromatic rings. The molecule has 0 aliphatic carbocycles. The van der Waals surface area contributed by atoms with Crippen LogP contribution < -0.4 is 0 Å². The second-order valence-corrected chi connectivity index (χ2v) is 13.5. The molecule has 0 aliphatic heterocycles. The van der Waals surface area contributed by atoms with Crippen LogP contribution in [0.3, 0.4) is 0 Å². The van der Waals surface area contributed by atoms with Crippen molar-refractivity contribution in [3.05, 3.63) is 89.5 Å². The van der Waals surface area contributed by atoms with Crippen molar-refractivity contribution in [3.63, 3.8) is 0 Å². The number of benzene rings is 3. The minimum absolute atomic E-state index is 0.225. The van der Waals surface area contributed by atoms with Crippen LogP contribution in [0.25, 0.3) is 11.1 Å². The molecule has 0 bridgehead atoms. The quantitative estimate of drug-likeness (QED) is 0.248. The Hall–Kier alpha value is -1.41. The maximum atomic E-state index is 11.5. The molecule has 0 aromatic heterocycles. The van der Waals surface area contributed by atoms with E-state index >= 15 is 0 Å². The molecule has 5 heteroatoms. The number of phenolic OH excluding ortho intramolecular Hbond substituents is 1. The summed E-state index contributed by atoms with van der Waals surface area (Å²) in [5.74, 6) is 1.04. The number of nitrogens with zero attached hydrogens (tertiary/aromatic N) is 1. The molecular formula is C30H37Cl2NOZr. The van der Waals surface area contributed by atoms with E-state index in [1.165, 1.54) is 18.4 Å². The fourth-order valence-electron chi connectivity index (χ4n) is 4.22. The van der Waals surface area contributed by atoms with Crippen molar-refractivity contribution < 1.29 is 26.0 Å². The monoisotopic (exact) mass is 587 g/mol. The average Bonchev–Trinajstić information content (AvgIpc) is 2.84. The molecule has 0 spiro atoms. The van der Waals surface area contributed by atoms with Gasteiger partial charge in [-0.1, -0.05) is 113 Å². The molecule has 0 heterocycles. The predicted octanol–water partition coefficient (Wildman–Crippen LogP) is 9.40. The average molecular weight is 590 g/mol. The first-order chi connectivity index (χ1) is 16.7. The van der Waals surface area contributed by atoms with Gasteiger partial charge in [-0.05, 0) is 36.0 Å². The standard InChI is InChI=1S/C30H37NO.2ClH.Zr/c1-22(2)13-12-14-23(3)31-21-27-26(24-15-8-6-9-16-24)19-20-28(29(27)32)30(4,5)25-17-10-7-11-18-25;;;/h6-11,15-23,32H,12-14H2,1-5H3;2*1H;/q;;;+2/p-2. The molecule has 0 saturated heterocycles. The van der Waals surface area contributed by atoms with Crippen LogP contribution in [0.2, 0.25) is 0 Å². The van der Waals surface area contributed by atoms with Gasteiger partial charge in [0.2, 0.25) is 0 Å². The molecule has 0 amide bonds. The van der Waals surface area contributed by atoms with E-state index in [-0.39, 0.29) is 11.5 Å². The molecule has 35 heavy (non-hydrogen) atoms. The van der Waals surface area contributed by atoms with E-state index in [0.717, 1.165) is 34.6 Å². The van der Waals surface area contributed by atoms with Crippen LogP contribution >= 0.6 is 17.0 Å². The molecule has 0 fully saturated rings. The van der Waals surface area contributed by atoms with Gasteiger partial charge < -0.3 is 5.11 Å². The molecule has 1 N–H and O–H groups in total. The summed E-state index contributed by atoms with van der Waals surface area (Å²) in [6.07, 6.45) is 5.35. The normalized spacial score (nSPS) is 12.3. The Bertz CT molecular complexity index is 1050. The molecular weight excluding hydrogens is 552 g/mol. The van der Waals surface area contributed by atoms with Crippen LogP contribution in [0, 0.1) is 5.92 Å². The van der Waals surface area contributed by atoms with Crippen LogP contribution in [-0.2, 0) is 26.3 Å². The number of hydrogen-bond donors (Lipinski definition) is 1. The zero-order valence-electron chi connectivity index (χ0n) is 21.4. The Kier molecular flexibility index (Phi) is 12.8. The Morgan fingerprint density at radius 1 is 0.886 bits per heavy atom. The molecule has 3 rings (SSSR count). The van der Waals surface area contributed by atoms with Crippen molar-refractivity contribution in [3.8, 4) is 16.9 Å². The second kappa shape index (κ2) is 15.0. The zero-order chi connectivity index (χ0) is 25.8. The van der Waals surface area contributed by atoms with Gasteiger partial charge in [-0.2, -0.15) is 0 Å². The third kappa shape index (κ3) is 8.89. The fraction of sp³-hybridized carbons (Fsp3) is 0.367. The zero-order valence-corrected chi connectivity index (χ0v) is 25.4. The first-order valence-electron chi connectivity index (χ1n) is 12.2. The van der Waals surface area contributed by atoms with Gasteiger partial charge in [0.05, 0.1) is 0 Å². The van der Waals surface area contributed by atoms with E-state index in [2.05, 4.69) is 71.0 Å². The molecule has 0 aliphatic rings. The molecule has 1 atom stereocenters. The van der Waals surface area contributed by atoms with Crippen LogP contribution in [-0.4, -0.2) is 17.4 Å². The molecule has 1 unspecified atom stereocenters. The predicted molar refractivity (Wildman–Crippen MR) is 150 cm³/mol. The second-order valence-electron chi connectivity index (χ2n) is 9.80. The van der Waals surface area contributed by atoms with E-state index < -0.39 is 20.8 Å². The van der Waals surface area contributed by atoms with Crippen molar-refractivity contribution in [1.82, 2.24) is 0 Å². The third-order valence-corrected chi connectivity index (χ3v) is 6.33. The number of hydrogen-bond acceptors (Lipinski definition) is 2. The number of rotatable bonds is 9. The molecule has 3 aromatic carbocycles. The topological polar surface area (TPSA) is 32.6 Å². The SMILES string of the molecule is CC(C)CCCC(C)N=Cc1c(-c2ccccc2)ccc(C(C)(C)c2ccccc2)c1O.[Cl][Zr][Cl]. The van der Waals surface area contributed by atoms with E-state index in [4.69, 9.17) is 22.0 Å². The van der Waals surface area contributed by atoms with Crippen molar-refractivity contribution in [2.24, 2.45) is 10.9 Å². The number of halogens is 2. The first kappa shape index (κ1) is 29.8. The summed E-state index contributed by atoms with van der Waals surface area (Å²) in [5, 5.41) is 11.5. The van der Waals surface area contributed by atoms with Gasteiger partial charge >= 0.3 is 37.9 Å². The molecule has 0 radical (unpaired) electrons. The van der Waals surface area contributed by atoms with E-state index in [0.29, 0.717) is 5.75 Å². The summed E-state index contributed by atoms with van der Waals surface area (Å²) in [7, 11) is 9.87. The van der Waals surface area contributed by atoms with Crippen LogP contribution in [0.15, 0.2) is 77.8 Å². The van der Waals surface area contributed by atoms with Crippen molar-refractivity contribution in [2.75, 3.05) is 0 Å². The van der Waals surface area contributed by atoms with E-state index in [9.17, 15) is 5.11 Å². The summed E-state index contributed by atoms with van der Waals surface area (Å²) in [6, 6.07) is 25.0. The van der Waals surface area contributed by atoms with Crippen molar-refractivity contribution in [2.45, 2.75) is 65.3 Å². The third-order valence-electron chi connectivity index (χ3n) is 6.33. The van der Waals surface area contributed by atoms with Gasteiger partial charge in [0.25, 0.3) is 0 Å². The van der Waals surface area contributed by atoms with Gasteiger partial charge in [-0.15, -0.1) is 0 Å². The van der Waals surface area contributed by atoms with Gasteiger partial charge in [-0.3, -0.25) is 4.99 Å². The van der Waals surface area contributed by atoms with Gasteiger partial charge in [-0.25, -0.2) is 0 Å². The molecule has 186 valence electrons. The van der Waals surface area contributed by atoms with Gasteiger partial charge in [0.1, 0.15) is 5.75 Å². The van der Waals surface area contributed by atoms with E-state index in [1.807, 2.05) is 42.6 Å². The number of aliphatic imine (C=N–C) groups is 1. The summed E-state index contributed by atoms with van der Waals surface area (Å²) >= 11 is -0.826. The van der Waals surface area contributed by atoms with E-state index in [1.54, 1.807) is 0 Å². The number of aromatic hydroxyl groups is 1.